The van der Waals surface area contributed by atoms with Gasteiger partial charge in [0.2, 0.25) is 16.9 Å². The summed E-state index contributed by atoms with van der Waals surface area (Å²) in [5.41, 5.74) is 2.25. The number of aryl methyl sites for hydroxylation is 1. The zero-order valence-electron chi connectivity index (χ0n) is 17.4. The molecule has 1 aliphatic carbocycles. The molecule has 5 aromatic rings. The average molecular weight is 476 g/mol. The Balaban J connectivity index is 1.25. The third-order valence-electron chi connectivity index (χ3n) is 5.13. The molecule has 0 bridgehead atoms. The Morgan fingerprint density at radius 1 is 1.21 bits per heavy atom. The molecule has 164 valence electrons. The number of rotatable bonds is 6. The van der Waals surface area contributed by atoms with Crippen LogP contribution in [0.15, 0.2) is 58.7 Å². The number of nitrogens with one attached hydrogen (secondary N) is 1. The standard InChI is InChI=1S/C22H17N7O2S2/c1-12-16(3-2-10-23-12)31-19-9-8-18-26-27-22(29(18)28-19)32-14-6-7-15-17(11-14)33-21(24-15)25-20(30)13-4-5-13/h2-3,6-11,13H,4-5H2,1H3,(H,24,25,30). The molecule has 0 spiro atoms. The predicted molar refractivity (Wildman–Crippen MR) is 125 cm³/mol. The number of ether oxygens (including phenoxy) is 1. The highest BCUT2D eigenvalue weighted by Crippen LogP contribution is 2.35. The van der Waals surface area contributed by atoms with Crippen LogP contribution in [0.1, 0.15) is 18.5 Å². The first-order valence-corrected chi connectivity index (χ1v) is 12.0. The quantitative estimate of drug-likeness (QED) is 0.376. The molecule has 0 unspecified atom stereocenters. The number of fused-ring (bicyclic) bond motifs is 2. The normalized spacial score (nSPS) is 13.5. The van der Waals surface area contributed by atoms with Crippen molar-refractivity contribution in [2.24, 2.45) is 5.92 Å². The zero-order valence-corrected chi connectivity index (χ0v) is 19.1. The molecular weight excluding hydrogens is 458 g/mol. The average Bonchev–Trinajstić information content (AvgIpc) is 3.49. The Labute approximate surface area is 196 Å². The van der Waals surface area contributed by atoms with E-state index in [9.17, 15) is 4.79 Å². The molecule has 0 atom stereocenters. The van der Waals surface area contributed by atoms with Crippen LogP contribution < -0.4 is 10.1 Å². The van der Waals surface area contributed by atoms with E-state index in [2.05, 4.69) is 30.6 Å². The fourth-order valence-electron chi connectivity index (χ4n) is 3.24. The molecular formula is C22H17N7O2S2. The Hall–Kier alpha value is -3.57. The summed E-state index contributed by atoms with van der Waals surface area (Å²) >= 11 is 2.91. The zero-order chi connectivity index (χ0) is 22.4. The summed E-state index contributed by atoms with van der Waals surface area (Å²) in [5, 5.41) is 17.2. The van der Waals surface area contributed by atoms with Gasteiger partial charge in [0, 0.05) is 23.1 Å². The van der Waals surface area contributed by atoms with Crippen molar-refractivity contribution in [3.63, 3.8) is 0 Å². The number of thiazole rings is 1. The first kappa shape index (κ1) is 20.1. The second-order valence-electron chi connectivity index (χ2n) is 7.63. The number of pyridine rings is 1. The van der Waals surface area contributed by atoms with Gasteiger partial charge in [-0.3, -0.25) is 9.78 Å². The van der Waals surface area contributed by atoms with Crippen molar-refractivity contribution in [3.05, 3.63) is 54.4 Å². The van der Waals surface area contributed by atoms with Gasteiger partial charge in [-0.15, -0.1) is 15.3 Å². The second-order valence-corrected chi connectivity index (χ2v) is 9.70. The minimum atomic E-state index is 0.0594. The highest BCUT2D eigenvalue weighted by Gasteiger charge is 2.30. The van der Waals surface area contributed by atoms with Gasteiger partial charge >= 0.3 is 0 Å². The summed E-state index contributed by atoms with van der Waals surface area (Å²) in [6, 6.07) is 13.2. The first-order chi connectivity index (χ1) is 16.1. The molecule has 1 aromatic carbocycles. The monoisotopic (exact) mass is 475 g/mol. The van der Waals surface area contributed by atoms with E-state index in [1.54, 1.807) is 16.8 Å². The van der Waals surface area contributed by atoms with Crippen molar-refractivity contribution >= 4 is 50.0 Å². The van der Waals surface area contributed by atoms with Gasteiger partial charge in [-0.25, -0.2) is 4.98 Å². The molecule has 9 nitrogen and oxygen atoms in total. The van der Waals surface area contributed by atoms with Crippen molar-refractivity contribution < 1.29 is 9.53 Å². The maximum atomic E-state index is 12.0. The molecule has 11 heteroatoms. The van der Waals surface area contributed by atoms with Crippen molar-refractivity contribution in [2.45, 2.75) is 29.8 Å². The third-order valence-corrected chi connectivity index (χ3v) is 6.99. The largest absolute Gasteiger partial charge is 0.436 e. The lowest BCUT2D eigenvalue weighted by molar-refractivity contribution is -0.117. The SMILES string of the molecule is Cc1ncccc1Oc1ccc2nnc(Sc3ccc4nc(NC(=O)C5CC5)sc4c3)n2n1. The van der Waals surface area contributed by atoms with E-state index in [1.165, 1.54) is 23.1 Å². The number of anilines is 1. The van der Waals surface area contributed by atoms with E-state index < -0.39 is 0 Å². The number of hydrogen-bond acceptors (Lipinski definition) is 9. The van der Waals surface area contributed by atoms with Crippen molar-refractivity contribution in [2.75, 3.05) is 5.32 Å². The van der Waals surface area contributed by atoms with E-state index in [1.807, 2.05) is 43.3 Å². The highest BCUT2D eigenvalue weighted by atomic mass is 32.2. The van der Waals surface area contributed by atoms with Crippen LogP contribution in [0.25, 0.3) is 15.9 Å². The maximum absolute atomic E-state index is 12.0. The van der Waals surface area contributed by atoms with E-state index >= 15 is 0 Å². The van der Waals surface area contributed by atoms with Crippen LogP contribution >= 0.6 is 23.1 Å². The number of nitrogens with zero attached hydrogens (tertiary/aromatic N) is 6. The number of aromatic nitrogens is 6. The number of benzene rings is 1. The number of carbonyl (C=O) groups excluding carboxylic acids is 1. The molecule has 0 saturated heterocycles. The highest BCUT2D eigenvalue weighted by molar-refractivity contribution is 7.99. The fraction of sp³-hybridized carbons (Fsp3) is 0.182. The fourth-order valence-corrected chi connectivity index (χ4v) is 5.05. The first-order valence-electron chi connectivity index (χ1n) is 10.3. The molecule has 1 amide bonds. The number of hydrogen-bond donors (Lipinski definition) is 1. The van der Waals surface area contributed by atoms with Gasteiger partial charge in [0.15, 0.2) is 16.5 Å². The molecule has 6 rings (SSSR count). The van der Waals surface area contributed by atoms with E-state index in [-0.39, 0.29) is 11.8 Å². The molecule has 1 N–H and O–H groups in total. The van der Waals surface area contributed by atoms with Gasteiger partial charge in [-0.05, 0) is 67.9 Å². The molecule has 4 heterocycles. The van der Waals surface area contributed by atoms with Crippen LogP contribution in [-0.2, 0) is 4.79 Å². The van der Waals surface area contributed by atoms with Gasteiger partial charge in [0.1, 0.15) is 0 Å². The molecule has 1 aliphatic rings. The van der Waals surface area contributed by atoms with Gasteiger partial charge in [-0.1, -0.05) is 11.3 Å². The maximum Gasteiger partial charge on any atom is 0.237 e. The number of carbonyl (C=O) groups is 1. The molecule has 0 aliphatic heterocycles. The van der Waals surface area contributed by atoms with Crippen LogP contribution in [0.4, 0.5) is 5.13 Å². The number of amides is 1. The van der Waals surface area contributed by atoms with Crippen LogP contribution in [0.3, 0.4) is 0 Å². The third kappa shape index (κ3) is 4.12. The van der Waals surface area contributed by atoms with Gasteiger partial charge in [-0.2, -0.15) is 4.52 Å². The van der Waals surface area contributed by atoms with Gasteiger partial charge in [0.25, 0.3) is 0 Å². The van der Waals surface area contributed by atoms with Gasteiger partial charge < -0.3 is 10.1 Å². The van der Waals surface area contributed by atoms with Crippen molar-refractivity contribution in [1.82, 2.24) is 29.8 Å². The lowest BCUT2D eigenvalue weighted by Gasteiger charge is -2.07. The predicted octanol–water partition coefficient (Wildman–Crippen LogP) is 4.73. The summed E-state index contributed by atoms with van der Waals surface area (Å²) in [5.74, 6) is 1.28. The van der Waals surface area contributed by atoms with E-state index in [0.29, 0.717) is 27.6 Å². The smallest absolute Gasteiger partial charge is 0.237 e. The Kier molecular flexibility index (Phi) is 4.92. The Morgan fingerprint density at radius 2 is 2.12 bits per heavy atom. The lowest BCUT2D eigenvalue weighted by Crippen LogP contribution is -2.12. The molecule has 1 saturated carbocycles. The minimum Gasteiger partial charge on any atom is -0.436 e. The lowest BCUT2D eigenvalue weighted by atomic mass is 10.3. The summed E-state index contributed by atoms with van der Waals surface area (Å²) in [6.07, 6.45) is 3.65. The topological polar surface area (TPSA) is 107 Å². The Morgan fingerprint density at radius 3 is 2.97 bits per heavy atom. The van der Waals surface area contributed by atoms with Crippen LogP contribution in [0.5, 0.6) is 11.6 Å². The minimum absolute atomic E-state index is 0.0594. The van der Waals surface area contributed by atoms with E-state index in [4.69, 9.17) is 4.74 Å². The summed E-state index contributed by atoms with van der Waals surface area (Å²) < 4.78 is 8.55. The van der Waals surface area contributed by atoms with Gasteiger partial charge in [0.05, 0.1) is 15.9 Å². The molecule has 33 heavy (non-hydrogen) atoms. The van der Waals surface area contributed by atoms with Crippen molar-refractivity contribution in [1.29, 1.82) is 0 Å². The summed E-state index contributed by atoms with van der Waals surface area (Å²) in [7, 11) is 0. The summed E-state index contributed by atoms with van der Waals surface area (Å²) in [6.45, 7) is 1.88. The Bertz CT molecular complexity index is 1510. The second kappa shape index (κ2) is 8.09. The summed E-state index contributed by atoms with van der Waals surface area (Å²) in [4.78, 5) is 21.8. The van der Waals surface area contributed by atoms with Crippen LogP contribution in [0.2, 0.25) is 0 Å². The molecule has 4 aromatic heterocycles. The van der Waals surface area contributed by atoms with E-state index in [0.717, 1.165) is 33.6 Å². The van der Waals surface area contributed by atoms with Crippen LogP contribution in [0, 0.1) is 12.8 Å². The van der Waals surface area contributed by atoms with Crippen LogP contribution in [-0.4, -0.2) is 35.7 Å². The molecule has 1 fully saturated rings. The molecule has 0 radical (unpaired) electrons. The van der Waals surface area contributed by atoms with Crippen molar-refractivity contribution in [3.8, 4) is 11.6 Å².